The van der Waals surface area contributed by atoms with Crippen LogP contribution in [0.3, 0.4) is 0 Å². The minimum absolute atomic E-state index is 0.0631. The summed E-state index contributed by atoms with van der Waals surface area (Å²) >= 11 is 0. The summed E-state index contributed by atoms with van der Waals surface area (Å²) in [6.07, 6.45) is 2.94. The van der Waals surface area contributed by atoms with Crippen molar-refractivity contribution >= 4 is 11.7 Å². The van der Waals surface area contributed by atoms with Crippen LogP contribution in [-0.4, -0.2) is 11.7 Å². The van der Waals surface area contributed by atoms with E-state index in [0.29, 0.717) is 5.56 Å². The van der Waals surface area contributed by atoms with E-state index in [-0.39, 0.29) is 6.04 Å². The van der Waals surface area contributed by atoms with Crippen LogP contribution in [-0.2, 0) is 11.2 Å². The fraction of sp³-hybridized carbons (Fsp3) is 0.263. The van der Waals surface area contributed by atoms with E-state index in [2.05, 4.69) is 11.4 Å². The molecule has 0 radical (unpaired) electrons. The van der Waals surface area contributed by atoms with E-state index in [1.54, 1.807) is 12.1 Å². The van der Waals surface area contributed by atoms with Gasteiger partial charge in [0.25, 0.3) is 5.91 Å². The van der Waals surface area contributed by atoms with Crippen LogP contribution in [0.1, 0.15) is 45.9 Å². The minimum atomic E-state index is -0.523. The number of Topliss-reactive ketones (excluding diaryl/α,β-unsaturated/α-hetero) is 1. The number of carbonyl (C=O) groups excluding carboxylic acids is 2. The monoisotopic (exact) mass is 293 g/mol. The Morgan fingerprint density at radius 1 is 1.05 bits per heavy atom. The number of hydrogen-bond donors (Lipinski definition) is 1. The first-order chi connectivity index (χ1) is 10.6. The van der Waals surface area contributed by atoms with E-state index in [9.17, 15) is 9.59 Å². The summed E-state index contributed by atoms with van der Waals surface area (Å²) in [5, 5.41) is 2.90. The molecule has 0 heterocycles. The second-order valence-corrected chi connectivity index (χ2v) is 5.81. The van der Waals surface area contributed by atoms with Gasteiger partial charge in [-0.3, -0.25) is 9.59 Å². The van der Waals surface area contributed by atoms with E-state index in [1.165, 1.54) is 5.56 Å². The number of nitrogens with one attached hydrogen (secondary N) is 1. The Labute approximate surface area is 130 Å². The van der Waals surface area contributed by atoms with Gasteiger partial charge >= 0.3 is 0 Å². The molecule has 1 aliphatic rings. The zero-order valence-corrected chi connectivity index (χ0v) is 12.6. The van der Waals surface area contributed by atoms with Crippen LogP contribution < -0.4 is 5.32 Å². The maximum atomic E-state index is 12.2. The second kappa shape index (κ2) is 6.14. The lowest BCUT2D eigenvalue weighted by atomic mass is 9.87. The van der Waals surface area contributed by atoms with Gasteiger partial charge in [-0.2, -0.15) is 0 Å². The number of ketones is 1. The quantitative estimate of drug-likeness (QED) is 0.696. The molecule has 1 amide bonds. The van der Waals surface area contributed by atoms with Crippen LogP contribution in [0.25, 0.3) is 0 Å². The zero-order chi connectivity index (χ0) is 15.5. The van der Waals surface area contributed by atoms with Crippen molar-refractivity contribution in [3.63, 3.8) is 0 Å². The molecule has 1 atom stereocenters. The first-order valence-electron chi connectivity index (χ1n) is 7.65. The molecular weight excluding hydrogens is 274 g/mol. The topological polar surface area (TPSA) is 46.2 Å². The predicted molar refractivity (Wildman–Crippen MR) is 85.8 cm³/mol. The van der Waals surface area contributed by atoms with Crippen molar-refractivity contribution in [3.8, 4) is 0 Å². The molecule has 3 heteroatoms. The Bertz CT molecular complexity index is 704. The van der Waals surface area contributed by atoms with Crippen LogP contribution in [0, 0.1) is 6.92 Å². The molecule has 3 rings (SSSR count). The van der Waals surface area contributed by atoms with Gasteiger partial charge in [-0.15, -0.1) is 0 Å². The highest BCUT2D eigenvalue weighted by molar-refractivity contribution is 6.42. The molecule has 0 fully saturated rings. The predicted octanol–water partition coefficient (Wildman–Crippen LogP) is 3.37. The molecule has 2 aromatic carbocycles. The Hall–Kier alpha value is -2.42. The number of hydrogen-bond acceptors (Lipinski definition) is 2. The Morgan fingerprint density at radius 2 is 1.77 bits per heavy atom. The largest absolute Gasteiger partial charge is 0.342 e. The number of carbonyl (C=O) groups is 2. The van der Waals surface area contributed by atoms with Crippen LogP contribution in [0.15, 0.2) is 48.5 Å². The summed E-state index contributed by atoms with van der Waals surface area (Å²) in [5.74, 6) is -0.992. The van der Waals surface area contributed by atoms with E-state index >= 15 is 0 Å². The zero-order valence-electron chi connectivity index (χ0n) is 12.6. The smallest absolute Gasteiger partial charge is 0.292 e. The van der Waals surface area contributed by atoms with Gasteiger partial charge in [0.1, 0.15) is 0 Å². The number of aryl methyl sites for hydroxylation is 2. The molecule has 0 saturated carbocycles. The second-order valence-electron chi connectivity index (χ2n) is 5.81. The average Bonchev–Trinajstić information content (AvgIpc) is 2.55. The fourth-order valence-electron chi connectivity index (χ4n) is 2.96. The average molecular weight is 293 g/mol. The third-order valence-electron chi connectivity index (χ3n) is 4.19. The molecule has 0 spiro atoms. The molecule has 0 unspecified atom stereocenters. The summed E-state index contributed by atoms with van der Waals surface area (Å²) < 4.78 is 0. The lowest BCUT2D eigenvalue weighted by molar-refractivity contribution is -0.117. The molecule has 0 aliphatic heterocycles. The van der Waals surface area contributed by atoms with E-state index in [4.69, 9.17) is 0 Å². The molecular formula is C19H19NO2. The van der Waals surface area contributed by atoms with Gasteiger partial charge in [0.2, 0.25) is 5.78 Å². The highest BCUT2D eigenvalue weighted by atomic mass is 16.2. The molecule has 0 aromatic heterocycles. The van der Waals surface area contributed by atoms with Crippen molar-refractivity contribution in [2.45, 2.75) is 32.2 Å². The van der Waals surface area contributed by atoms with Crippen molar-refractivity contribution in [1.29, 1.82) is 0 Å². The van der Waals surface area contributed by atoms with Crippen molar-refractivity contribution in [3.05, 3.63) is 70.8 Å². The van der Waals surface area contributed by atoms with Gasteiger partial charge in [-0.25, -0.2) is 0 Å². The van der Waals surface area contributed by atoms with Crippen molar-refractivity contribution < 1.29 is 9.59 Å². The van der Waals surface area contributed by atoms with Gasteiger partial charge in [-0.05, 0) is 37.3 Å². The number of rotatable bonds is 3. The molecule has 1 N–H and O–H groups in total. The first kappa shape index (κ1) is 14.5. The van der Waals surface area contributed by atoms with Gasteiger partial charge in [0.05, 0.1) is 6.04 Å². The maximum absolute atomic E-state index is 12.2. The summed E-state index contributed by atoms with van der Waals surface area (Å²) in [6.45, 7) is 1.95. The molecule has 22 heavy (non-hydrogen) atoms. The Balaban J connectivity index is 1.75. The molecule has 1 aliphatic carbocycles. The van der Waals surface area contributed by atoms with E-state index in [1.807, 2.05) is 37.3 Å². The lowest BCUT2D eigenvalue weighted by Crippen LogP contribution is -2.35. The van der Waals surface area contributed by atoms with Crippen LogP contribution in [0.5, 0.6) is 0 Å². The molecule has 2 aromatic rings. The number of amides is 1. The third-order valence-corrected chi connectivity index (χ3v) is 4.19. The fourth-order valence-corrected chi connectivity index (χ4v) is 2.96. The SMILES string of the molecule is Cc1ccc(C(=O)C(=O)N[C@H]2CCCc3ccccc32)cc1. The Kier molecular flexibility index (Phi) is 4.05. The summed E-state index contributed by atoms with van der Waals surface area (Å²) in [7, 11) is 0. The molecule has 0 bridgehead atoms. The number of fused-ring (bicyclic) bond motifs is 1. The van der Waals surface area contributed by atoms with Crippen molar-refractivity contribution in [2.75, 3.05) is 0 Å². The van der Waals surface area contributed by atoms with Crippen LogP contribution >= 0.6 is 0 Å². The van der Waals surface area contributed by atoms with Crippen molar-refractivity contribution in [2.24, 2.45) is 0 Å². The van der Waals surface area contributed by atoms with Crippen LogP contribution in [0.2, 0.25) is 0 Å². The van der Waals surface area contributed by atoms with Crippen molar-refractivity contribution in [1.82, 2.24) is 5.32 Å². The normalized spacial score (nSPS) is 16.7. The maximum Gasteiger partial charge on any atom is 0.292 e. The van der Waals surface area contributed by atoms with Crippen LogP contribution in [0.4, 0.5) is 0 Å². The number of benzene rings is 2. The third kappa shape index (κ3) is 2.93. The minimum Gasteiger partial charge on any atom is -0.342 e. The van der Waals surface area contributed by atoms with E-state index in [0.717, 1.165) is 30.4 Å². The first-order valence-corrected chi connectivity index (χ1v) is 7.65. The van der Waals surface area contributed by atoms with Gasteiger partial charge in [0, 0.05) is 5.56 Å². The van der Waals surface area contributed by atoms with E-state index < -0.39 is 11.7 Å². The van der Waals surface area contributed by atoms with Gasteiger partial charge < -0.3 is 5.32 Å². The summed E-state index contributed by atoms with van der Waals surface area (Å²) in [4.78, 5) is 24.5. The van der Waals surface area contributed by atoms with Gasteiger partial charge in [0.15, 0.2) is 0 Å². The summed E-state index contributed by atoms with van der Waals surface area (Å²) in [5.41, 5.74) is 3.91. The molecule has 112 valence electrons. The summed E-state index contributed by atoms with van der Waals surface area (Å²) in [6, 6.07) is 15.1. The molecule has 0 saturated heterocycles. The van der Waals surface area contributed by atoms with Gasteiger partial charge in [-0.1, -0.05) is 54.1 Å². The lowest BCUT2D eigenvalue weighted by Gasteiger charge is -2.26. The Morgan fingerprint density at radius 3 is 2.55 bits per heavy atom. The standard InChI is InChI=1S/C19H19NO2/c1-13-9-11-15(12-10-13)18(21)19(22)20-17-8-4-6-14-5-2-3-7-16(14)17/h2-3,5,7,9-12,17H,4,6,8H2,1H3,(H,20,22)/t17-/m0/s1. The highest BCUT2D eigenvalue weighted by Crippen LogP contribution is 2.29. The highest BCUT2D eigenvalue weighted by Gasteiger charge is 2.24. The molecule has 3 nitrogen and oxygen atoms in total.